The van der Waals surface area contributed by atoms with E-state index in [-0.39, 0.29) is 0 Å². The van der Waals surface area contributed by atoms with Gasteiger partial charge in [-0.1, -0.05) is 12.5 Å². The molecule has 0 aromatic carbocycles. The molecule has 0 aromatic heterocycles. The van der Waals surface area contributed by atoms with Crippen LogP contribution in [0.1, 0.15) is 19.3 Å². The third-order valence-electron chi connectivity index (χ3n) is 2.38. The zero-order valence-electron chi connectivity index (χ0n) is 7.13. The van der Waals surface area contributed by atoms with E-state index in [1.54, 1.807) is 0 Å². The summed E-state index contributed by atoms with van der Waals surface area (Å²) in [6, 6.07) is 0.613. The topological polar surface area (TPSA) is 29.3 Å². The van der Waals surface area contributed by atoms with Gasteiger partial charge in [0.25, 0.3) is 0 Å². The molecule has 0 aromatic rings. The van der Waals surface area contributed by atoms with Gasteiger partial charge in [0, 0.05) is 19.1 Å². The molecule has 1 saturated heterocycles. The Morgan fingerprint density at radius 2 is 2.36 bits per heavy atom. The van der Waals surface area contributed by atoms with Crippen molar-refractivity contribution in [2.45, 2.75) is 25.3 Å². The van der Waals surface area contributed by atoms with Gasteiger partial charge in [-0.3, -0.25) is 4.90 Å². The van der Waals surface area contributed by atoms with E-state index in [1.807, 2.05) is 6.08 Å². The monoisotopic (exact) mass is 154 g/mol. The van der Waals surface area contributed by atoms with E-state index in [4.69, 9.17) is 5.73 Å². The Bertz CT molecular complexity index is 123. The van der Waals surface area contributed by atoms with Crippen LogP contribution < -0.4 is 5.73 Å². The fraction of sp³-hybridized carbons (Fsp3) is 0.778. The Morgan fingerprint density at radius 1 is 1.55 bits per heavy atom. The SMILES string of the molecule is C=CCN1CCCCC1CN. The molecule has 1 rings (SSSR count). The lowest BCUT2D eigenvalue weighted by molar-refractivity contribution is 0.170. The maximum absolute atomic E-state index is 5.65. The molecule has 64 valence electrons. The van der Waals surface area contributed by atoms with Gasteiger partial charge < -0.3 is 5.73 Å². The molecule has 1 fully saturated rings. The summed E-state index contributed by atoms with van der Waals surface area (Å²) in [6.07, 6.45) is 5.90. The second kappa shape index (κ2) is 4.52. The number of hydrogen-bond acceptors (Lipinski definition) is 2. The Morgan fingerprint density at radius 3 is 3.00 bits per heavy atom. The fourth-order valence-corrected chi connectivity index (χ4v) is 1.73. The van der Waals surface area contributed by atoms with Gasteiger partial charge in [0.2, 0.25) is 0 Å². The number of piperidine rings is 1. The average molecular weight is 154 g/mol. The Hall–Kier alpha value is -0.340. The summed E-state index contributed by atoms with van der Waals surface area (Å²) in [5, 5.41) is 0. The molecule has 0 radical (unpaired) electrons. The highest BCUT2D eigenvalue weighted by atomic mass is 15.2. The molecule has 1 aliphatic rings. The summed E-state index contributed by atoms with van der Waals surface area (Å²) >= 11 is 0. The summed E-state index contributed by atoms with van der Waals surface area (Å²) in [6.45, 7) is 6.74. The van der Waals surface area contributed by atoms with Gasteiger partial charge in [-0.25, -0.2) is 0 Å². The molecule has 1 aliphatic heterocycles. The molecule has 2 nitrogen and oxygen atoms in total. The minimum Gasteiger partial charge on any atom is -0.329 e. The highest BCUT2D eigenvalue weighted by Gasteiger charge is 2.18. The molecule has 0 spiro atoms. The summed E-state index contributed by atoms with van der Waals surface area (Å²) in [7, 11) is 0. The van der Waals surface area contributed by atoms with Crippen molar-refractivity contribution in [3.05, 3.63) is 12.7 Å². The first kappa shape index (κ1) is 8.75. The second-order valence-electron chi connectivity index (χ2n) is 3.17. The Labute approximate surface area is 69.1 Å². The van der Waals surface area contributed by atoms with E-state index in [9.17, 15) is 0 Å². The molecule has 2 N–H and O–H groups in total. The lowest BCUT2D eigenvalue weighted by Crippen LogP contribution is -2.43. The number of hydrogen-bond donors (Lipinski definition) is 1. The van der Waals surface area contributed by atoms with Crippen LogP contribution >= 0.6 is 0 Å². The van der Waals surface area contributed by atoms with Gasteiger partial charge in [-0.2, -0.15) is 0 Å². The molecule has 0 aliphatic carbocycles. The van der Waals surface area contributed by atoms with Crippen molar-refractivity contribution in [3.8, 4) is 0 Å². The standard InChI is InChI=1S/C9H18N2/c1-2-6-11-7-4-3-5-9(11)8-10/h2,9H,1,3-8,10H2. The quantitative estimate of drug-likeness (QED) is 0.614. The molecule has 0 saturated carbocycles. The van der Waals surface area contributed by atoms with Crippen molar-refractivity contribution < 1.29 is 0 Å². The van der Waals surface area contributed by atoms with E-state index >= 15 is 0 Å². The van der Waals surface area contributed by atoms with E-state index < -0.39 is 0 Å². The van der Waals surface area contributed by atoms with Crippen LogP contribution in [0.15, 0.2) is 12.7 Å². The van der Waals surface area contributed by atoms with Gasteiger partial charge in [0.1, 0.15) is 0 Å². The minimum atomic E-state index is 0.613. The first-order valence-corrected chi connectivity index (χ1v) is 4.43. The predicted octanol–water partition coefficient (Wildman–Crippen LogP) is 0.986. The van der Waals surface area contributed by atoms with Crippen molar-refractivity contribution in [1.29, 1.82) is 0 Å². The number of nitrogens with two attached hydrogens (primary N) is 1. The smallest absolute Gasteiger partial charge is 0.0221 e. The molecule has 11 heavy (non-hydrogen) atoms. The normalized spacial score (nSPS) is 26.8. The highest BCUT2D eigenvalue weighted by molar-refractivity contribution is 4.82. The van der Waals surface area contributed by atoms with Crippen molar-refractivity contribution >= 4 is 0 Å². The number of likely N-dealkylation sites (tertiary alicyclic amines) is 1. The zero-order chi connectivity index (χ0) is 8.10. The zero-order valence-corrected chi connectivity index (χ0v) is 7.13. The number of rotatable bonds is 3. The van der Waals surface area contributed by atoms with Crippen LogP contribution in [0.2, 0.25) is 0 Å². The number of nitrogens with zero attached hydrogens (tertiary/aromatic N) is 1. The Kier molecular flexibility index (Phi) is 3.60. The molecule has 2 heteroatoms. The predicted molar refractivity (Wildman–Crippen MR) is 48.5 cm³/mol. The molecule has 1 unspecified atom stereocenters. The summed E-state index contributed by atoms with van der Waals surface area (Å²) in [5.41, 5.74) is 5.65. The fourth-order valence-electron chi connectivity index (χ4n) is 1.73. The largest absolute Gasteiger partial charge is 0.329 e. The first-order chi connectivity index (χ1) is 5.38. The van der Waals surface area contributed by atoms with Gasteiger partial charge >= 0.3 is 0 Å². The third-order valence-corrected chi connectivity index (χ3v) is 2.38. The third kappa shape index (κ3) is 2.31. The van der Waals surface area contributed by atoms with Crippen LogP contribution in [0.25, 0.3) is 0 Å². The van der Waals surface area contributed by atoms with E-state index in [1.165, 1.54) is 25.8 Å². The van der Waals surface area contributed by atoms with Crippen LogP contribution in [-0.2, 0) is 0 Å². The van der Waals surface area contributed by atoms with Crippen molar-refractivity contribution in [2.75, 3.05) is 19.6 Å². The Balaban J connectivity index is 2.37. The van der Waals surface area contributed by atoms with Crippen LogP contribution in [-0.4, -0.2) is 30.6 Å². The summed E-state index contributed by atoms with van der Waals surface area (Å²) in [4.78, 5) is 2.43. The molecule has 0 amide bonds. The average Bonchev–Trinajstić information content (AvgIpc) is 2.06. The van der Waals surface area contributed by atoms with Gasteiger partial charge in [-0.15, -0.1) is 6.58 Å². The highest BCUT2D eigenvalue weighted by Crippen LogP contribution is 2.15. The summed E-state index contributed by atoms with van der Waals surface area (Å²) < 4.78 is 0. The van der Waals surface area contributed by atoms with Crippen LogP contribution in [0.5, 0.6) is 0 Å². The van der Waals surface area contributed by atoms with E-state index in [2.05, 4.69) is 11.5 Å². The maximum atomic E-state index is 5.65. The van der Waals surface area contributed by atoms with Crippen LogP contribution in [0, 0.1) is 0 Å². The van der Waals surface area contributed by atoms with Crippen LogP contribution in [0.4, 0.5) is 0 Å². The molecule has 1 atom stereocenters. The van der Waals surface area contributed by atoms with Crippen molar-refractivity contribution in [3.63, 3.8) is 0 Å². The van der Waals surface area contributed by atoms with Crippen molar-refractivity contribution in [1.82, 2.24) is 4.90 Å². The first-order valence-electron chi connectivity index (χ1n) is 4.43. The van der Waals surface area contributed by atoms with Gasteiger partial charge in [0.05, 0.1) is 0 Å². The van der Waals surface area contributed by atoms with Gasteiger partial charge in [0.15, 0.2) is 0 Å². The van der Waals surface area contributed by atoms with Gasteiger partial charge in [-0.05, 0) is 19.4 Å². The lowest BCUT2D eigenvalue weighted by atomic mass is 10.0. The van der Waals surface area contributed by atoms with E-state index in [0.717, 1.165) is 13.1 Å². The molecular weight excluding hydrogens is 136 g/mol. The molecule has 0 bridgehead atoms. The van der Waals surface area contributed by atoms with E-state index in [0.29, 0.717) is 6.04 Å². The molecular formula is C9H18N2. The molecule has 1 heterocycles. The lowest BCUT2D eigenvalue weighted by Gasteiger charge is -2.33. The minimum absolute atomic E-state index is 0.613. The maximum Gasteiger partial charge on any atom is 0.0221 e. The second-order valence-corrected chi connectivity index (χ2v) is 3.17. The van der Waals surface area contributed by atoms with Crippen LogP contribution in [0.3, 0.4) is 0 Å². The van der Waals surface area contributed by atoms with Crippen molar-refractivity contribution in [2.24, 2.45) is 5.73 Å². The summed E-state index contributed by atoms with van der Waals surface area (Å²) in [5.74, 6) is 0.